The highest BCUT2D eigenvalue weighted by molar-refractivity contribution is 6.39. The lowest BCUT2D eigenvalue weighted by Gasteiger charge is -2.39. The van der Waals surface area contributed by atoms with Crippen LogP contribution in [0.25, 0.3) is 0 Å². The minimum absolute atomic E-state index is 0.183. The number of nitrogens with zero attached hydrogens (tertiary/aromatic N) is 3. The Bertz CT molecular complexity index is 1040. The van der Waals surface area contributed by atoms with Crippen molar-refractivity contribution in [1.82, 2.24) is 15.4 Å². The monoisotopic (exact) mass is 441 g/mol. The fourth-order valence-corrected chi connectivity index (χ4v) is 3.70. The fraction of sp³-hybridized carbons (Fsp3) is 0.318. The maximum atomic E-state index is 13.2. The molecule has 1 aromatic carbocycles. The van der Waals surface area contributed by atoms with Crippen LogP contribution in [0.4, 0.5) is 15.9 Å². The van der Waals surface area contributed by atoms with E-state index in [1.165, 1.54) is 18.2 Å². The molecular formula is C22H24FN5O4. The molecule has 10 heteroatoms. The third kappa shape index (κ3) is 5.14. The van der Waals surface area contributed by atoms with E-state index in [1.807, 2.05) is 6.07 Å². The highest BCUT2D eigenvalue weighted by atomic mass is 19.1. The number of amides is 2. The summed E-state index contributed by atoms with van der Waals surface area (Å²) in [6, 6.07) is 11.4. The first-order valence-electron chi connectivity index (χ1n) is 10.3. The number of halogens is 1. The molecule has 1 aliphatic rings. The third-order valence-corrected chi connectivity index (χ3v) is 5.35. The van der Waals surface area contributed by atoms with Crippen LogP contribution in [0.5, 0.6) is 0 Å². The molecule has 2 N–H and O–H groups in total. The van der Waals surface area contributed by atoms with Crippen LogP contribution in [0, 0.1) is 12.7 Å². The second-order valence-electron chi connectivity index (χ2n) is 7.52. The minimum Gasteiger partial charge on any atom is -0.468 e. The van der Waals surface area contributed by atoms with Crippen LogP contribution in [0.2, 0.25) is 0 Å². The van der Waals surface area contributed by atoms with E-state index in [4.69, 9.17) is 8.94 Å². The fourth-order valence-electron chi connectivity index (χ4n) is 3.70. The topological polar surface area (TPSA) is 104 Å². The number of carbonyl (C=O) groups is 2. The second-order valence-corrected chi connectivity index (χ2v) is 7.52. The van der Waals surface area contributed by atoms with E-state index in [0.29, 0.717) is 24.6 Å². The van der Waals surface area contributed by atoms with E-state index in [2.05, 4.69) is 25.6 Å². The van der Waals surface area contributed by atoms with E-state index in [-0.39, 0.29) is 24.2 Å². The minimum atomic E-state index is -0.822. The predicted octanol–water partition coefficient (Wildman–Crippen LogP) is 2.33. The van der Waals surface area contributed by atoms with E-state index in [0.717, 1.165) is 18.8 Å². The zero-order chi connectivity index (χ0) is 22.5. The maximum Gasteiger partial charge on any atom is 0.314 e. The molecule has 168 valence electrons. The molecule has 0 radical (unpaired) electrons. The van der Waals surface area contributed by atoms with Gasteiger partial charge in [0.15, 0.2) is 5.82 Å². The predicted molar refractivity (Wildman–Crippen MR) is 115 cm³/mol. The number of hydrogen-bond donors (Lipinski definition) is 2. The first-order chi connectivity index (χ1) is 15.5. The van der Waals surface area contributed by atoms with Gasteiger partial charge in [0.2, 0.25) is 0 Å². The third-order valence-electron chi connectivity index (χ3n) is 5.35. The van der Waals surface area contributed by atoms with Gasteiger partial charge in [0.1, 0.15) is 17.3 Å². The average Bonchev–Trinajstić information content (AvgIpc) is 3.47. The Morgan fingerprint density at radius 1 is 1.12 bits per heavy atom. The van der Waals surface area contributed by atoms with Crippen LogP contribution in [0.3, 0.4) is 0 Å². The molecule has 3 heterocycles. The van der Waals surface area contributed by atoms with Crippen molar-refractivity contribution in [3.05, 3.63) is 66.1 Å². The molecule has 9 nitrogen and oxygen atoms in total. The molecule has 1 saturated heterocycles. The smallest absolute Gasteiger partial charge is 0.314 e. The number of furan rings is 1. The molecule has 4 rings (SSSR count). The Hall–Kier alpha value is -3.66. The summed E-state index contributed by atoms with van der Waals surface area (Å²) in [4.78, 5) is 28.8. The van der Waals surface area contributed by atoms with Crippen LogP contribution < -0.4 is 15.5 Å². The summed E-state index contributed by atoms with van der Waals surface area (Å²) >= 11 is 0. The lowest BCUT2D eigenvalue weighted by molar-refractivity contribution is -0.136. The van der Waals surface area contributed by atoms with Crippen molar-refractivity contribution in [2.45, 2.75) is 13.0 Å². The first kappa shape index (κ1) is 21.6. The number of aryl methyl sites for hydroxylation is 1. The van der Waals surface area contributed by atoms with Gasteiger partial charge in [0.25, 0.3) is 0 Å². The van der Waals surface area contributed by atoms with Gasteiger partial charge in [-0.2, -0.15) is 0 Å². The highest BCUT2D eigenvalue weighted by Gasteiger charge is 2.28. The number of carbonyl (C=O) groups excluding carboxylic acids is 2. The number of rotatable bonds is 6. The Kier molecular flexibility index (Phi) is 6.50. The highest BCUT2D eigenvalue weighted by Crippen LogP contribution is 2.24. The molecule has 1 aliphatic heterocycles. The van der Waals surface area contributed by atoms with Gasteiger partial charge >= 0.3 is 11.8 Å². The lowest BCUT2D eigenvalue weighted by atomic mass is 10.1. The number of nitrogens with one attached hydrogen (secondary N) is 2. The van der Waals surface area contributed by atoms with Crippen molar-refractivity contribution in [3.8, 4) is 0 Å². The van der Waals surface area contributed by atoms with Crippen molar-refractivity contribution in [2.24, 2.45) is 0 Å². The van der Waals surface area contributed by atoms with E-state index < -0.39 is 11.8 Å². The van der Waals surface area contributed by atoms with Crippen molar-refractivity contribution in [1.29, 1.82) is 0 Å². The van der Waals surface area contributed by atoms with E-state index in [9.17, 15) is 14.0 Å². The number of benzene rings is 1. The molecule has 0 aliphatic carbocycles. The van der Waals surface area contributed by atoms with Crippen molar-refractivity contribution >= 4 is 23.3 Å². The normalized spacial score (nSPS) is 15.4. The molecule has 0 spiro atoms. The quantitative estimate of drug-likeness (QED) is 0.566. The van der Waals surface area contributed by atoms with Gasteiger partial charge in [-0.25, -0.2) is 4.39 Å². The maximum absolute atomic E-state index is 13.2. The summed E-state index contributed by atoms with van der Waals surface area (Å²) in [5.41, 5.74) is 0.966. The zero-order valence-corrected chi connectivity index (χ0v) is 17.6. The van der Waals surface area contributed by atoms with Gasteiger partial charge in [0.05, 0.1) is 12.3 Å². The summed E-state index contributed by atoms with van der Waals surface area (Å²) < 4.78 is 23.7. The Labute approximate surface area is 184 Å². The van der Waals surface area contributed by atoms with Crippen LogP contribution in [0.15, 0.2) is 57.7 Å². The van der Waals surface area contributed by atoms with Crippen molar-refractivity contribution in [3.63, 3.8) is 0 Å². The summed E-state index contributed by atoms with van der Waals surface area (Å²) in [7, 11) is 0. The standard InChI is InChI=1S/C22H24FN5O4/c1-15-13-20(26-32-15)25-22(30)21(29)24-14-18(19-3-2-12-31-19)28-10-8-27(9-11-28)17-6-4-16(23)5-7-17/h2-7,12-13,18H,8-11,14H2,1H3,(H,24,29)(H,25,26,30). The van der Waals surface area contributed by atoms with Gasteiger partial charge in [-0.15, -0.1) is 0 Å². The molecule has 3 aromatic rings. The average molecular weight is 441 g/mol. The number of anilines is 2. The second kappa shape index (κ2) is 9.65. The molecule has 1 atom stereocenters. The number of piperazine rings is 1. The largest absolute Gasteiger partial charge is 0.468 e. The molecule has 1 unspecified atom stereocenters. The van der Waals surface area contributed by atoms with Gasteiger partial charge in [-0.05, 0) is 43.3 Å². The summed E-state index contributed by atoms with van der Waals surface area (Å²) in [5, 5.41) is 8.73. The number of aromatic nitrogens is 1. The first-order valence-corrected chi connectivity index (χ1v) is 10.3. The Morgan fingerprint density at radius 2 is 1.88 bits per heavy atom. The lowest BCUT2D eigenvalue weighted by Crippen LogP contribution is -2.50. The Balaban J connectivity index is 1.35. The Morgan fingerprint density at radius 3 is 2.50 bits per heavy atom. The van der Waals surface area contributed by atoms with Crippen LogP contribution in [0.1, 0.15) is 17.6 Å². The SMILES string of the molecule is Cc1cc(NC(=O)C(=O)NCC(c2ccco2)N2CCN(c3ccc(F)cc3)CC2)no1. The van der Waals surface area contributed by atoms with Gasteiger partial charge in [-0.1, -0.05) is 5.16 Å². The zero-order valence-electron chi connectivity index (χ0n) is 17.6. The van der Waals surface area contributed by atoms with Gasteiger partial charge in [-0.3, -0.25) is 19.8 Å². The van der Waals surface area contributed by atoms with Gasteiger partial charge < -0.3 is 19.2 Å². The number of hydrogen-bond acceptors (Lipinski definition) is 7. The van der Waals surface area contributed by atoms with Crippen molar-refractivity contribution < 1.29 is 22.9 Å². The van der Waals surface area contributed by atoms with E-state index >= 15 is 0 Å². The summed E-state index contributed by atoms with van der Waals surface area (Å²) in [6.45, 7) is 4.79. The molecule has 1 fully saturated rings. The molecule has 32 heavy (non-hydrogen) atoms. The molecule has 2 amide bonds. The summed E-state index contributed by atoms with van der Waals surface area (Å²) in [6.07, 6.45) is 1.58. The molecule has 2 aromatic heterocycles. The molecule has 0 saturated carbocycles. The van der Waals surface area contributed by atoms with Gasteiger partial charge in [0, 0.05) is 44.5 Å². The molecular weight excluding hydrogens is 417 g/mol. The van der Waals surface area contributed by atoms with Crippen LogP contribution >= 0.6 is 0 Å². The summed E-state index contributed by atoms with van der Waals surface area (Å²) in [5.74, 6) is -0.442. The van der Waals surface area contributed by atoms with Crippen molar-refractivity contribution in [2.75, 3.05) is 42.9 Å². The molecule has 0 bridgehead atoms. The van der Waals surface area contributed by atoms with Crippen LogP contribution in [-0.2, 0) is 9.59 Å². The van der Waals surface area contributed by atoms with Crippen LogP contribution in [-0.4, -0.2) is 54.6 Å². The van der Waals surface area contributed by atoms with E-state index in [1.54, 1.807) is 31.4 Å².